The van der Waals surface area contributed by atoms with Gasteiger partial charge in [-0.25, -0.2) is 0 Å². The van der Waals surface area contributed by atoms with Crippen LogP contribution < -0.4 is 5.32 Å². The lowest BCUT2D eigenvalue weighted by Gasteiger charge is -2.22. The molecule has 0 amide bonds. The quantitative estimate of drug-likeness (QED) is 0.499. The lowest BCUT2D eigenvalue weighted by molar-refractivity contribution is -0.151. The Morgan fingerprint density at radius 1 is 1.47 bits per heavy atom. The van der Waals surface area contributed by atoms with E-state index >= 15 is 0 Å². The van der Waals surface area contributed by atoms with Gasteiger partial charge in [-0.2, -0.15) is 0 Å². The first-order valence-corrected chi connectivity index (χ1v) is 5.30. The van der Waals surface area contributed by atoms with E-state index in [0.717, 1.165) is 12.8 Å². The van der Waals surface area contributed by atoms with E-state index in [9.17, 15) is 4.79 Å². The highest BCUT2D eigenvalue weighted by atomic mass is 16.6. The molecule has 15 heavy (non-hydrogen) atoms. The number of ether oxygens (including phenoxy) is 3. The highest BCUT2D eigenvalue weighted by Crippen LogP contribution is 2.10. The molecule has 0 bridgehead atoms. The van der Waals surface area contributed by atoms with Crippen LogP contribution >= 0.6 is 0 Å². The Kier molecular flexibility index (Phi) is 6.31. The highest BCUT2D eigenvalue weighted by molar-refractivity contribution is 5.71. The smallest absolute Gasteiger partial charge is 0.320 e. The van der Waals surface area contributed by atoms with Crippen LogP contribution in [-0.4, -0.2) is 52.1 Å². The topological polar surface area (TPSA) is 56.8 Å². The summed E-state index contributed by atoms with van der Waals surface area (Å²) in [6.07, 6.45) is 1.66. The maximum absolute atomic E-state index is 11.3. The van der Waals surface area contributed by atoms with Crippen molar-refractivity contribution in [3.8, 4) is 0 Å². The molecular formula is C10H19NO4. The van der Waals surface area contributed by atoms with Gasteiger partial charge in [0.15, 0.2) is 0 Å². The van der Waals surface area contributed by atoms with Gasteiger partial charge in [0.25, 0.3) is 0 Å². The minimum absolute atomic E-state index is 0.0375. The number of esters is 1. The molecule has 0 aromatic rings. The van der Waals surface area contributed by atoms with Gasteiger partial charge in [-0.1, -0.05) is 0 Å². The standard InChI is InChI=1S/C10H19NO4/c1-13-7-4-11-8-10(12)15-9-2-5-14-6-3-9/h9,11H,2-8H2,1H3. The normalized spacial score (nSPS) is 17.7. The van der Waals surface area contributed by atoms with Crippen LogP contribution in [0.1, 0.15) is 12.8 Å². The van der Waals surface area contributed by atoms with Gasteiger partial charge in [-0.05, 0) is 0 Å². The summed E-state index contributed by atoms with van der Waals surface area (Å²) >= 11 is 0. The van der Waals surface area contributed by atoms with Crippen molar-refractivity contribution in [2.45, 2.75) is 18.9 Å². The lowest BCUT2D eigenvalue weighted by Crippen LogP contribution is -2.32. The van der Waals surface area contributed by atoms with E-state index in [1.54, 1.807) is 7.11 Å². The molecule has 0 saturated carbocycles. The zero-order valence-corrected chi connectivity index (χ0v) is 9.16. The molecule has 88 valence electrons. The molecule has 0 atom stereocenters. The molecule has 1 rings (SSSR count). The van der Waals surface area contributed by atoms with Crippen molar-refractivity contribution in [2.75, 3.05) is 40.0 Å². The van der Waals surface area contributed by atoms with Crippen molar-refractivity contribution < 1.29 is 19.0 Å². The average molecular weight is 217 g/mol. The Morgan fingerprint density at radius 3 is 2.87 bits per heavy atom. The monoisotopic (exact) mass is 217 g/mol. The second kappa shape index (κ2) is 7.62. The molecule has 1 fully saturated rings. The Morgan fingerprint density at radius 2 is 2.20 bits per heavy atom. The maximum atomic E-state index is 11.3. The van der Waals surface area contributed by atoms with Crippen LogP contribution in [0.2, 0.25) is 0 Å². The Balaban J connectivity index is 2.01. The van der Waals surface area contributed by atoms with Crippen molar-refractivity contribution in [1.82, 2.24) is 5.32 Å². The number of hydrogen-bond donors (Lipinski definition) is 1. The second-order valence-electron chi connectivity index (χ2n) is 3.47. The lowest BCUT2D eigenvalue weighted by atomic mass is 10.1. The predicted molar refractivity (Wildman–Crippen MR) is 54.7 cm³/mol. The molecule has 0 radical (unpaired) electrons. The molecule has 0 aliphatic carbocycles. The van der Waals surface area contributed by atoms with Crippen molar-refractivity contribution in [3.05, 3.63) is 0 Å². The molecule has 0 spiro atoms. The molecule has 0 aromatic carbocycles. The van der Waals surface area contributed by atoms with Gasteiger partial charge in [-0.3, -0.25) is 4.79 Å². The van der Waals surface area contributed by atoms with Crippen LogP contribution in [0.15, 0.2) is 0 Å². The third-order valence-electron chi connectivity index (χ3n) is 2.22. The third-order valence-corrected chi connectivity index (χ3v) is 2.22. The molecule has 5 nitrogen and oxygen atoms in total. The van der Waals surface area contributed by atoms with Crippen LogP contribution in [0.25, 0.3) is 0 Å². The first-order chi connectivity index (χ1) is 7.33. The molecular weight excluding hydrogens is 198 g/mol. The Hall–Kier alpha value is -0.650. The van der Waals surface area contributed by atoms with E-state index in [4.69, 9.17) is 14.2 Å². The van der Waals surface area contributed by atoms with Gasteiger partial charge in [0.05, 0.1) is 26.4 Å². The van der Waals surface area contributed by atoms with Crippen LogP contribution in [0.3, 0.4) is 0 Å². The summed E-state index contributed by atoms with van der Waals surface area (Å²) in [6.45, 7) is 2.90. The Bertz CT molecular complexity index is 180. The second-order valence-corrected chi connectivity index (χ2v) is 3.47. The molecule has 0 aromatic heterocycles. The number of hydrogen-bond acceptors (Lipinski definition) is 5. The minimum Gasteiger partial charge on any atom is -0.461 e. The SMILES string of the molecule is COCCNCC(=O)OC1CCOCC1. The minimum atomic E-state index is -0.196. The van der Waals surface area contributed by atoms with E-state index in [2.05, 4.69) is 5.32 Å². The first kappa shape index (κ1) is 12.4. The summed E-state index contributed by atoms with van der Waals surface area (Å²) in [6, 6.07) is 0. The van der Waals surface area contributed by atoms with E-state index in [0.29, 0.717) is 26.4 Å². The molecule has 1 N–H and O–H groups in total. The summed E-state index contributed by atoms with van der Waals surface area (Å²) in [5.74, 6) is -0.196. The zero-order valence-electron chi connectivity index (χ0n) is 9.16. The van der Waals surface area contributed by atoms with Gasteiger partial charge in [0.2, 0.25) is 0 Å². The molecule has 1 saturated heterocycles. The van der Waals surface area contributed by atoms with Crippen molar-refractivity contribution in [2.24, 2.45) is 0 Å². The van der Waals surface area contributed by atoms with Crippen molar-refractivity contribution >= 4 is 5.97 Å². The van der Waals surface area contributed by atoms with Crippen LogP contribution in [0.5, 0.6) is 0 Å². The summed E-state index contributed by atoms with van der Waals surface area (Å²) in [4.78, 5) is 11.3. The largest absolute Gasteiger partial charge is 0.461 e. The predicted octanol–water partition coefficient (Wildman–Crippen LogP) is -0.0554. The summed E-state index contributed by atoms with van der Waals surface area (Å²) in [5.41, 5.74) is 0. The van der Waals surface area contributed by atoms with Gasteiger partial charge >= 0.3 is 5.97 Å². The van der Waals surface area contributed by atoms with Gasteiger partial charge in [0.1, 0.15) is 6.10 Å². The van der Waals surface area contributed by atoms with E-state index in [-0.39, 0.29) is 18.6 Å². The number of carbonyl (C=O) groups is 1. The highest BCUT2D eigenvalue weighted by Gasteiger charge is 2.17. The third kappa shape index (κ3) is 5.71. The molecule has 1 aliphatic heterocycles. The zero-order chi connectivity index (χ0) is 10.9. The van der Waals surface area contributed by atoms with E-state index in [1.807, 2.05) is 0 Å². The average Bonchev–Trinajstić information content (AvgIpc) is 2.26. The van der Waals surface area contributed by atoms with Crippen LogP contribution in [0.4, 0.5) is 0 Å². The summed E-state index contributed by atoms with van der Waals surface area (Å²) in [7, 11) is 1.63. The van der Waals surface area contributed by atoms with Gasteiger partial charge in [0, 0.05) is 26.5 Å². The fourth-order valence-electron chi connectivity index (χ4n) is 1.39. The Labute approximate surface area is 90.1 Å². The number of methoxy groups -OCH3 is 1. The van der Waals surface area contributed by atoms with E-state index < -0.39 is 0 Å². The fraction of sp³-hybridized carbons (Fsp3) is 0.900. The van der Waals surface area contributed by atoms with Gasteiger partial charge < -0.3 is 19.5 Å². The molecule has 1 heterocycles. The molecule has 5 heteroatoms. The maximum Gasteiger partial charge on any atom is 0.320 e. The number of rotatable bonds is 6. The van der Waals surface area contributed by atoms with Crippen molar-refractivity contribution in [1.29, 1.82) is 0 Å². The molecule has 1 aliphatic rings. The summed E-state index contributed by atoms with van der Waals surface area (Å²) < 4.78 is 15.3. The van der Waals surface area contributed by atoms with E-state index in [1.165, 1.54) is 0 Å². The first-order valence-electron chi connectivity index (χ1n) is 5.30. The summed E-state index contributed by atoms with van der Waals surface area (Å²) in [5, 5.41) is 2.94. The van der Waals surface area contributed by atoms with Gasteiger partial charge in [-0.15, -0.1) is 0 Å². The van der Waals surface area contributed by atoms with Crippen molar-refractivity contribution in [3.63, 3.8) is 0 Å². The fourth-order valence-corrected chi connectivity index (χ4v) is 1.39. The number of carbonyl (C=O) groups excluding carboxylic acids is 1. The van der Waals surface area contributed by atoms with Crippen LogP contribution in [-0.2, 0) is 19.0 Å². The van der Waals surface area contributed by atoms with Crippen LogP contribution in [0, 0.1) is 0 Å². The molecule has 0 unspecified atom stereocenters. The number of nitrogens with one attached hydrogen (secondary N) is 1.